The van der Waals surface area contributed by atoms with Gasteiger partial charge in [0, 0.05) is 7.11 Å². The van der Waals surface area contributed by atoms with Crippen LogP contribution in [0.2, 0.25) is 0 Å². The van der Waals surface area contributed by atoms with Gasteiger partial charge in [-0.1, -0.05) is 13.8 Å². The lowest BCUT2D eigenvalue weighted by Crippen LogP contribution is -2.30. The minimum absolute atomic E-state index is 0.0458. The first kappa shape index (κ1) is 15.4. The van der Waals surface area contributed by atoms with Gasteiger partial charge in [-0.25, -0.2) is 0 Å². The molecule has 3 heteroatoms. The molecule has 0 aliphatic rings. The molecule has 0 saturated carbocycles. The third kappa shape index (κ3) is 4.97. The Bertz CT molecular complexity index is 199. The molecule has 96 valence electrons. The van der Waals surface area contributed by atoms with Gasteiger partial charge in [0.2, 0.25) is 0 Å². The van der Waals surface area contributed by atoms with Crippen molar-refractivity contribution in [3.8, 4) is 0 Å². The summed E-state index contributed by atoms with van der Waals surface area (Å²) in [5.41, 5.74) is -0.361. The van der Waals surface area contributed by atoms with E-state index < -0.39 is 0 Å². The van der Waals surface area contributed by atoms with Gasteiger partial charge in [0.05, 0.1) is 5.60 Å². The van der Waals surface area contributed by atoms with E-state index in [0.717, 1.165) is 32.1 Å². The van der Waals surface area contributed by atoms with Crippen LogP contribution in [-0.2, 0) is 14.3 Å². The Kier molecular flexibility index (Phi) is 6.65. The summed E-state index contributed by atoms with van der Waals surface area (Å²) < 4.78 is 10.6. The maximum Gasteiger partial charge on any atom is 0.293 e. The largest absolute Gasteiger partial charge is 0.462 e. The highest BCUT2D eigenvalue weighted by Gasteiger charge is 2.26. The number of carbonyl (C=O) groups excluding carboxylic acids is 1. The van der Waals surface area contributed by atoms with Crippen LogP contribution in [0, 0.1) is 0 Å². The van der Waals surface area contributed by atoms with Gasteiger partial charge in [-0.2, -0.15) is 0 Å². The highest BCUT2D eigenvalue weighted by atomic mass is 16.5. The van der Waals surface area contributed by atoms with E-state index >= 15 is 0 Å². The summed E-state index contributed by atoms with van der Waals surface area (Å²) in [4.78, 5) is 10.4. The summed E-state index contributed by atoms with van der Waals surface area (Å²) in [6.07, 6.45) is 4.75. The zero-order valence-electron chi connectivity index (χ0n) is 11.3. The second-order valence-corrected chi connectivity index (χ2v) is 4.88. The van der Waals surface area contributed by atoms with E-state index in [1.54, 1.807) is 7.11 Å². The zero-order chi connectivity index (χ0) is 12.7. The van der Waals surface area contributed by atoms with E-state index in [9.17, 15) is 4.79 Å². The molecular formula is C13H26O3. The van der Waals surface area contributed by atoms with Gasteiger partial charge in [0.1, 0.15) is 5.60 Å². The molecule has 0 fully saturated rings. The topological polar surface area (TPSA) is 35.5 Å². The number of ether oxygens (including phenoxy) is 2. The predicted molar refractivity (Wildman–Crippen MR) is 65.4 cm³/mol. The van der Waals surface area contributed by atoms with Crippen molar-refractivity contribution in [1.29, 1.82) is 0 Å². The van der Waals surface area contributed by atoms with Crippen LogP contribution in [0.25, 0.3) is 0 Å². The Hall–Kier alpha value is -0.570. The van der Waals surface area contributed by atoms with Crippen molar-refractivity contribution < 1.29 is 14.3 Å². The molecule has 16 heavy (non-hydrogen) atoms. The van der Waals surface area contributed by atoms with Gasteiger partial charge >= 0.3 is 0 Å². The third-order valence-electron chi connectivity index (χ3n) is 3.73. The van der Waals surface area contributed by atoms with E-state index in [1.165, 1.54) is 0 Å². The highest BCUT2D eigenvalue weighted by Crippen LogP contribution is 2.27. The second kappa shape index (κ2) is 6.89. The van der Waals surface area contributed by atoms with Crippen molar-refractivity contribution >= 4 is 6.47 Å². The molecule has 0 spiro atoms. The second-order valence-electron chi connectivity index (χ2n) is 4.88. The Morgan fingerprint density at radius 3 is 1.94 bits per heavy atom. The fourth-order valence-electron chi connectivity index (χ4n) is 1.69. The van der Waals surface area contributed by atoms with Crippen LogP contribution in [0.3, 0.4) is 0 Å². The van der Waals surface area contributed by atoms with Crippen LogP contribution in [0.15, 0.2) is 0 Å². The van der Waals surface area contributed by atoms with Gasteiger partial charge in [-0.3, -0.25) is 4.79 Å². The normalized spacial score (nSPS) is 18.6. The summed E-state index contributed by atoms with van der Waals surface area (Å²) >= 11 is 0. The molecular weight excluding hydrogens is 204 g/mol. The number of hydrogen-bond acceptors (Lipinski definition) is 3. The number of carbonyl (C=O) groups is 1. The van der Waals surface area contributed by atoms with Crippen LogP contribution >= 0.6 is 0 Å². The van der Waals surface area contributed by atoms with Crippen molar-refractivity contribution in [1.82, 2.24) is 0 Å². The molecule has 3 nitrogen and oxygen atoms in total. The molecule has 2 atom stereocenters. The van der Waals surface area contributed by atoms with Gasteiger partial charge < -0.3 is 9.47 Å². The van der Waals surface area contributed by atoms with E-state index in [1.807, 2.05) is 13.8 Å². The molecule has 0 aromatic rings. The summed E-state index contributed by atoms with van der Waals surface area (Å²) in [7, 11) is 1.75. The van der Waals surface area contributed by atoms with Crippen LogP contribution in [-0.4, -0.2) is 24.8 Å². The first-order valence-corrected chi connectivity index (χ1v) is 6.12. The van der Waals surface area contributed by atoms with E-state index in [4.69, 9.17) is 9.47 Å². The molecule has 0 heterocycles. The number of hydrogen-bond donors (Lipinski definition) is 0. The Morgan fingerprint density at radius 2 is 1.56 bits per heavy atom. The van der Waals surface area contributed by atoms with Gasteiger partial charge in [-0.05, 0) is 46.0 Å². The van der Waals surface area contributed by atoms with Gasteiger partial charge in [0.25, 0.3) is 6.47 Å². The summed E-state index contributed by atoms with van der Waals surface area (Å²) in [5.74, 6) is 0. The van der Waals surface area contributed by atoms with Gasteiger partial charge in [-0.15, -0.1) is 0 Å². The standard InChI is InChI=1S/C13H26O3/c1-6-12(3,15-5)9-8-10-13(4,7-2)16-11-14/h11H,6-10H2,1-5H3. The van der Waals surface area contributed by atoms with E-state index in [0.29, 0.717) is 6.47 Å². The van der Waals surface area contributed by atoms with Crippen LogP contribution in [0.1, 0.15) is 59.8 Å². The average molecular weight is 230 g/mol. The lowest BCUT2D eigenvalue weighted by molar-refractivity contribution is -0.143. The maximum atomic E-state index is 10.4. The lowest BCUT2D eigenvalue weighted by Gasteiger charge is -2.30. The van der Waals surface area contributed by atoms with Crippen molar-refractivity contribution in [3.05, 3.63) is 0 Å². The quantitative estimate of drug-likeness (QED) is 0.570. The Labute approximate surface area is 99.5 Å². The molecule has 0 rings (SSSR count). The molecule has 2 unspecified atom stereocenters. The summed E-state index contributed by atoms with van der Waals surface area (Å²) in [5, 5.41) is 0. The monoisotopic (exact) mass is 230 g/mol. The summed E-state index contributed by atoms with van der Waals surface area (Å²) in [6, 6.07) is 0. The molecule has 0 aliphatic heterocycles. The number of rotatable bonds is 9. The first-order chi connectivity index (χ1) is 7.45. The van der Waals surface area contributed by atoms with Crippen molar-refractivity contribution in [3.63, 3.8) is 0 Å². The van der Waals surface area contributed by atoms with Crippen LogP contribution in [0.4, 0.5) is 0 Å². The molecule has 0 N–H and O–H groups in total. The zero-order valence-corrected chi connectivity index (χ0v) is 11.3. The van der Waals surface area contributed by atoms with Crippen LogP contribution < -0.4 is 0 Å². The summed E-state index contributed by atoms with van der Waals surface area (Å²) in [6.45, 7) is 8.83. The Morgan fingerprint density at radius 1 is 1.06 bits per heavy atom. The molecule has 0 aromatic heterocycles. The van der Waals surface area contributed by atoms with E-state index in [-0.39, 0.29) is 11.2 Å². The fourth-order valence-corrected chi connectivity index (χ4v) is 1.69. The first-order valence-electron chi connectivity index (χ1n) is 6.12. The number of methoxy groups -OCH3 is 1. The average Bonchev–Trinajstić information content (AvgIpc) is 2.29. The minimum Gasteiger partial charge on any atom is -0.462 e. The lowest BCUT2D eigenvalue weighted by atomic mass is 9.90. The molecule has 0 saturated heterocycles. The van der Waals surface area contributed by atoms with Crippen LogP contribution in [0.5, 0.6) is 0 Å². The maximum absolute atomic E-state index is 10.4. The molecule has 0 amide bonds. The van der Waals surface area contributed by atoms with E-state index in [2.05, 4.69) is 13.8 Å². The third-order valence-corrected chi connectivity index (χ3v) is 3.73. The molecule has 0 aromatic carbocycles. The van der Waals surface area contributed by atoms with Crippen molar-refractivity contribution in [2.75, 3.05) is 7.11 Å². The molecule has 0 radical (unpaired) electrons. The fraction of sp³-hybridized carbons (Fsp3) is 0.923. The van der Waals surface area contributed by atoms with Crippen molar-refractivity contribution in [2.45, 2.75) is 71.0 Å². The smallest absolute Gasteiger partial charge is 0.293 e. The van der Waals surface area contributed by atoms with Crippen molar-refractivity contribution in [2.24, 2.45) is 0 Å². The predicted octanol–water partition coefficient (Wildman–Crippen LogP) is 3.31. The SMILES string of the molecule is CCC(C)(CCCC(C)(CC)OC=O)OC. The molecule has 0 aliphatic carbocycles. The van der Waals surface area contributed by atoms with Gasteiger partial charge in [0.15, 0.2) is 0 Å². The molecule has 0 bridgehead atoms. The Balaban J connectivity index is 4.08. The minimum atomic E-state index is -0.315. The highest BCUT2D eigenvalue weighted by molar-refractivity contribution is 5.38.